The van der Waals surface area contributed by atoms with Gasteiger partial charge in [-0.05, 0) is 40.5 Å². The number of aliphatic hydroxyl groups is 1. The van der Waals surface area contributed by atoms with E-state index >= 15 is 0 Å². The van der Waals surface area contributed by atoms with Crippen LogP contribution in [0.1, 0.15) is 17.5 Å². The van der Waals surface area contributed by atoms with Gasteiger partial charge >= 0.3 is 0 Å². The average molecular weight is 239 g/mol. The Morgan fingerprint density at radius 3 is 2.85 bits per heavy atom. The van der Waals surface area contributed by atoms with Crippen molar-refractivity contribution in [3.63, 3.8) is 0 Å². The standard InChI is InChI=1S/C11H11BrO/c1-9-5-6-10(11(12)8-9)4-2-3-7-13/h5-6,8,13H,3,7H2,1H3. The average Bonchev–Trinajstić information content (AvgIpc) is 2.09. The molecular formula is C11H11BrO. The molecule has 0 saturated heterocycles. The Hall–Kier alpha value is -0.780. The summed E-state index contributed by atoms with van der Waals surface area (Å²) in [5, 5.41) is 8.54. The molecule has 1 N–H and O–H groups in total. The van der Waals surface area contributed by atoms with Gasteiger partial charge in [0.2, 0.25) is 0 Å². The molecule has 0 aliphatic carbocycles. The molecule has 1 aromatic carbocycles. The molecule has 1 aromatic rings. The van der Waals surface area contributed by atoms with Crippen molar-refractivity contribution in [3.8, 4) is 11.8 Å². The SMILES string of the molecule is Cc1ccc(C#CCCO)c(Br)c1. The number of benzene rings is 1. The van der Waals surface area contributed by atoms with E-state index in [2.05, 4.69) is 27.8 Å². The van der Waals surface area contributed by atoms with Crippen LogP contribution in [0.3, 0.4) is 0 Å². The molecule has 0 aliphatic rings. The molecule has 0 aromatic heterocycles. The summed E-state index contributed by atoms with van der Waals surface area (Å²) in [6, 6.07) is 6.03. The molecule has 0 unspecified atom stereocenters. The summed E-state index contributed by atoms with van der Waals surface area (Å²) >= 11 is 3.43. The van der Waals surface area contributed by atoms with Crippen molar-refractivity contribution in [2.24, 2.45) is 0 Å². The van der Waals surface area contributed by atoms with Crippen molar-refractivity contribution < 1.29 is 5.11 Å². The lowest BCUT2D eigenvalue weighted by atomic mass is 10.1. The first-order valence-electron chi connectivity index (χ1n) is 4.10. The van der Waals surface area contributed by atoms with Gasteiger partial charge in [0.25, 0.3) is 0 Å². The normalized spacial score (nSPS) is 9.15. The Morgan fingerprint density at radius 1 is 1.46 bits per heavy atom. The second kappa shape index (κ2) is 5.06. The fourth-order valence-electron chi connectivity index (χ4n) is 0.935. The fourth-order valence-corrected chi connectivity index (χ4v) is 1.53. The molecule has 0 fully saturated rings. The van der Waals surface area contributed by atoms with Gasteiger partial charge in [0.05, 0.1) is 6.61 Å². The first kappa shape index (κ1) is 10.3. The second-order valence-corrected chi connectivity index (χ2v) is 3.61. The van der Waals surface area contributed by atoms with E-state index in [4.69, 9.17) is 5.11 Å². The summed E-state index contributed by atoms with van der Waals surface area (Å²) in [5.74, 6) is 5.87. The molecule has 0 aliphatic heterocycles. The van der Waals surface area contributed by atoms with E-state index in [0.29, 0.717) is 6.42 Å². The summed E-state index contributed by atoms with van der Waals surface area (Å²) in [6.45, 7) is 2.16. The lowest BCUT2D eigenvalue weighted by Gasteiger charge is -1.96. The molecule has 0 spiro atoms. The van der Waals surface area contributed by atoms with Crippen LogP contribution in [0.5, 0.6) is 0 Å². The molecular weight excluding hydrogens is 228 g/mol. The molecule has 68 valence electrons. The summed E-state index contributed by atoms with van der Waals surface area (Å²) in [6.07, 6.45) is 0.528. The van der Waals surface area contributed by atoms with E-state index in [9.17, 15) is 0 Å². The highest BCUT2D eigenvalue weighted by Crippen LogP contribution is 2.16. The van der Waals surface area contributed by atoms with E-state index in [1.165, 1.54) is 5.56 Å². The third-order valence-corrected chi connectivity index (χ3v) is 2.24. The molecule has 13 heavy (non-hydrogen) atoms. The highest BCUT2D eigenvalue weighted by molar-refractivity contribution is 9.10. The van der Waals surface area contributed by atoms with Crippen LogP contribution in [-0.2, 0) is 0 Å². The Balaban J connectivity index is 2.85. The van der Waals surface area contributed by atoms with Crippen molar-refractivity contribution in [1.29, 1.82) is 0 Å². The summed E-state index contributed by atoms with van der Waals surface area (Å²) in [4.78, 5) is 0. The molecule has 1 rings (SSSR count). The van der Waals surface area contributed by atoms with Crippen molar-refractivity contribution in [2.45, 2.75) is 13.3 Å². The molecule has 1 nitrogen and oxygen atoms in total. The van der Waals surface area contributed by atoms with Crippen LogP contribution in [0.25, 0.3) is 0 Å². The maximum atomic E-state index is 8.54. The van der Waals surface area contributed by atoms with E-state index in [1.807, 2.05) is 25.1 Å². The molecule has 2 heteroatoms. The summed E-state index contributed by atoms with van der Waals surface area (Å²) in [7, 11) is 0. The van der Waals surface area contributed by atoms with Crippen LogP contribution < -0.4 is 0 Å². The first-order valence-corrected chi connectivity index (χ1v) is 4.89. The minimum absolute atomic E-state index is 0.122. The third-order valence-electron chi connectivity index (χ3n) is 1.58. The Bertz CT molecular complexity index is 347. The molecule has 0 atom stereocenters. The van der Waals surface area contributed by atoms with E-state index < -0.39 is 0 Å². The van der Waals surface area contributed by atoms with Crippen LogP contribution in [0, 0.1) is 18.8 Å². The zero-order valence-electron chi connectivity index (χ0n) is 7.47. The quantitative estimate of drug-likeness (QED) is 0.746. The number of hydrogen-bond donors (Lipinski definition) is 1. The van der Waals surface area contributed by atoms with Gasteiger partial charge in [0.1, 0.15) is 0 Å². The number of aliphatic hydroxyl groups excluding tert-OH is 1. The molecule has 0 saturated carbocycles. The van der Waals surface area contributed by atoms with E-state index in [1.54, 1.807) is 0 Å². The zero-order valence-corrected chi connectivity index (χ0v) is 9.06. The van der Waals surface area contributed by atoms with Crippen molar-refractivity contribution in [3.05, 3.63) is 33.8 Å². The molecule has 0 heterocycles. The predicted octanol–water partition coefficient (Wildman–Crippen LogP) is 2.49. The van der Waals surface area contributed by atoms with Gasteiger partial charge in [-0.3, -0.25) is 0 Å². The summed E-state index contributed by atoms with van der Waals surface area (Å²) in [5.41, 5.74) is 2.18. The monoisotopic (exact) mass is 238 g/mol. The van der Waals surface area contributed by atoms with Gasteiger partial charge in [0, 0.05) is 16.5 Å². The van der Waals surface area contributed by atoms with Gasteiger partial charge in [-0.1, -0.05) is 17.9 Å². The highest BCUT2D eigenvalue weighted by atomic mass is 79.9. The fraction of sp³-hybridized carbons (Fsp3) is 0.273. The van der Waals surface area contributed by atoms with Gasteiger partial charge in [-0.25, -0.2) is 0 Å². The molecule has 0 radical (unpaired) electrons. The van der Waals surface area contributed by atoms with Crippen molar-refractivity contribution in [1.82, 2.24) is 0 Å². The van der Waals surface area contributed by atoms with E-state index in [-0.39, 0.29) is 6.61 Å². The second-order valence-electron chi connectivity index (χ2n) is 2.76. The van der Waals surface area contributed by atoms with Gasteiger partial charge in [0.15, 0.2) is 0 Å². The minimum Gasteiger partial charge on any atom is -0.395 e. The Kier molecular flexibility index (Phi) is 4.01. The van der Waals surface area contributed by atoms with Crippen LogP contribution in [0.15, 0.2) is 22.7 Å². The van der Waals surface area contributed by atoms with Crippen LogP contribution in [0.2, 0.25) is 0 Å². The topological polar surface area (TPSA) is 20.2 Å². The summed E-state index contributed by atoms with van der Waals surface area (Å²) < 4.78 is 1.01. The number of hydrogen-bond acceptors (Lipinski definition) is 1. The van der Waals surface area contributed by atoms with Gasteiger partial charge < -0.3 is 5.11 Å². The first-order chi connectivity index (χ1) is 6.24. The molecule has 0 amide bonds. The molecule has 0 bridgehead atoms. The zero-order chi connectivity index (χ0) is 9.68. The number of halogens is 1. The highest BCUT2D eigenvalue weighted by Gasteiger charge is 1.94. The van der Waals surface area contributed by atoms with Gasteiger partial charge in [-0.2, -0.15) is 0 Å². The Morgan fingerprint density at radius 2 is 2.23 bits per heavy atom. The maximum absolute atomic E-state index is 8.54. The van der Waals surface area contributed by atoms with Crippen LogP contribution >= 0.6 is 15.9 Å². The largest absolute Gasteiger partial charge is 0.395 e. The van der Waals surface area contributed by atoms with Crippen LogP contribution in [-0.4, -0.2) is 11.7 Å². The third kappa shape index (κ3) is 3.22. The minimum atomic E-state index is 0.122. The predicted molar refractivity (Wildman–Crippen MR) is 57.5 cm³/mol. The maximum Gasteiger partial charge on any atom is 0.0540 e. The number of rotatable bonds is 1. The Labute approximate surface area is 86.9 Å². The smallest absolute Gasteiger partial charge is 0.0540 e. The lowest BCUT2D eigenvalue weighted by molar-refractivity contribution is 0.305. The lowest BCUT2D eigenvalue weighted by Crippen LogP contribution is -1.81. The van der Waals surface area contributed by atoms with Crippen molar-refractivity contribution in [2.75, 3.05) is 6.61 Å². The van der Waals surface area contributed by atoms with E-state index in [0.717, 1.165) is 10.0 Å². The van der Waals surface area contributed by atoms with Gasteiger partial charge in [-0.15, -0.1) is 0 Å². The van der Waals surface area contributed by atoms with Crippen LogP contribution in [0.4, 0.5) is 0 Å². The number of aryl methyl sites for hydroxylation is 1. The van der Waals surface area contributed by atoms with Crippen molar-refractivity contribution >= 4 is 15.9 Å².